The van der Waals surface area contributed by atoms with Crippen LogP contribution in [0.3, 0.4) is 0 Å². The highest BCUT2D eigenvalue weighted by molar-refractivity contribution is 7.17. The standard InChI is InChI=1S/C9H7ClN2OS/c10-6-2-1-3-7(4-6)13-9-12-5-8(11)14-9/h1-5H,11H2. The number of nitrogens with two attached hydrogens (primary N) is 1. The summed E-state index contributed by atoms with van der Waals surface area (Å²) in [7, 11) is 0. The molecule has 72 valence electrons. The van der Waals surface area contributed by atoms with Crippen molar-refractivity contribution in [2.75, 3.05) is 5.73 Å². The first-order chi connectivity index (χ1) is 6.74. The van der Waals surface area contributed by atoms with E-state index in [-0.39, 0.29) is 0 Å². The second kappa shape index (κ2) is 3.86. The molecule has 1 heterocycles. The summed E-state index contributed by atoms with van der Waals surface area (Å²) in [6, 6.07) is 7.13. The molecule has 3 nitrogen and oxygen atoms in total. The summed E-state index contributed by atoms with van der Waals surface area (Å²) >= 11 is 7.08. The first-order valence-electron chi connectivity index (χ1n) is 3.89. The molecule has 0 saturated carbocycles. The molecule has 0 unspecified atom stereocenters. The van der Waals surface area contributed by atoms with Gasteiger partial charge in [0, 0.05) is 5.02 Å². The maximum Gasteiger partial charge on any atom is 0.280 e. The minimum absolute atomic E-state index is 0.518. The number of aromatic nitrogens is 1. The smallest absolute Gasteiger partial charge is 0.280 e. The molecular formula is C9H7ClN2OS. The van der Waals surface area contributed by atoms with Gasteiger partial charge in [-0.05, 0) is 18.2 Å². The maximum atomic E-state index is 5.79. The van der Waals surface area contributed by atoms with Gasteiger partial charge in [-0.15, -0.1) is 0 Å². The lowest BCUT2D eigenvalue weighted by Gasteiger charge is -2.00. The lowest BCUT2D eigenvalue weighted by Crippen LogP contribution is -1.81. The SMILES string of the molecule is Nc1cnc(Oc2cccc(Cl)c2)s1. The molecule has 0 aliphatic rings. The number of hydrogen-bond donors (Lipinski definition) is 1. The second-order valence-corrected chi connectivity index (χ2v) is 4.05. The Labute approximate surface area is 90.1 Å². The molecule has 2 N–H and O–H groups in total. The molecular weight excluding hydrogens is 220 g/mol. The van der Waals surface area contributed by atoms with E-state index in [1.54, 1.807) is 18.3 Å². The van der Waals surface area contributed by atoms with E-state index in [2.05, 4.69) is 4.98 Å². The van der Waals surface area contributed by atoms with Crippen LogP contribution in [-0.4, -0.2) is 4.98 Å². The van der Waals surface area contributed by atoms with Crippen molar-refractivity contribution in [3.05, 3.63) is 35.5 Å². The second-order valence-electron chi connectivity index (χ2n) is 2.59. The first kappa shape index (κ1) is 9.30. The van der Waals surface area contributed by atoms with E-state index in [1.807, 2.05) is 12.1 Å². The third kappa shape index (κ3) is 2.16. The number of hydrogen-bond acceptors (Lipinski definition) is 4. The van der Waals surface area contributed by atoms with Crippen LogP contribution in [-0.2, 0) is 0 Å². The Morgan fingerprint density at radius 2 is 2.29 bits per heavy atom. The molecule has 0 aliphatic heterocycles. The summed E-state index contributed by atoms with van der Waals surface area (Å²) in [5.41, 5.74) is 5.51. The lowest BCUT2D eigenvalue weighted by molar-refractivity contribution is 0.479. The number of halogens is 1. The largest absolute Gasteiger partial charge is 0.431 e. The van der Waals surface area contributed by atoms with Crippen molar-refractivity contribution in [3.8, 4) is 10.9 Å². The van der Waals surface area contributed by atoms with Gasteiger partial charge in [-0.25, -0.2) is 4.98 Å². The molecule has 0 aliphatic carbocycles. The quantitative estimate of drug-likeness (QED) is 0.856. The van der Waals surface area contributed by atoms with Crippen LogP contribution in [0.25, 0.3) is 0 Å². The van der Waals surface area contributed by atoms with Crippen LogP contribution in [0, 0.1) is 0 Å². The Balaban J connectivity index is 2.18. The predicted octanol–water partition coefficient (Wildman–Crippen LogP) is 3.17. The monoisotopic (exact) mass is 226 g/mol. The molecule has 0 fully saturated rings. The zero-order valence-corrected chi connectivity index (χ0v) is 8.68. The first-order valence-corrected chi connectivity index (χ1v) is 5.08. The molecule has 14 heavy (non-hydrogen) atoms. The van der Waals surface area contributed by atoms with Crippen LogP contribution in [0.1, 0.15) is 0 Å². The highest BCUT2D eigenvalue weighted by atomic mass is 35.5. The molecule has 0 radical (unpaired) electrons. The number of nitrogen functional groups attached to an aromatic ring is 1. The Bertz CT molecular complexity index is 444. The van der Waals surface area contributed by atoms with Gasteiger partial charge < -0.3 is 10.5 Å². The van der Waals surface area contributed by atoms with E-state index in [0.717, 1.165) is 0 Å². The molecule has 0 amide bonds. The van der Waals surface area contributed by atoms with E-state index in [9.17, 15) is 0 Å². The molecule has 2 rings (SSSR count). The van der Waals surface area contributed by atoms with Gasteiger partial charge in [-0.3, -0.25) is 0 Å². The van der Waals surface area contributed by atoms with Gasteiger partial charge in [0.05, 0.1) is 6.20 Å². The third-order valence-electron chi connectivity index (χ3n) is 1.50. The summed E-state index contributed by atoms with van der Waals surface area (Å²) in [4.78, 5) is 3.97. The molecule has 0 saturated heterocycles. The summed E-state index contributed by atoms with van der Waals surface area (Å²) < 4.78 is 5.42. The van der Waals surface area contributed by atoms with E-state index in [4.69, 9.17) is 22.1 Å². The summed E-state index contributed by atoms with van der Waals surface area (Å²) in [6.45, 7) is 0. The third-order valence-corrected chi connectivity index (χ3v) is 2.44. The average Bonchev–Trinajstić information content (AvgIpc) is 2.51. The number of benzene rings is 1. The van der Waals surface area contributed by atoms with E-state index in [1.165, 1.54) is 11.3 Å². The number of rotatable bonds is 2. The predicted molar refractivity (Wildman–Crippen MR) is 58.1 cm³/mol. The van der Waals surface area contributed by atoms with Crippen molar-refractivity contribution in [1.82, 2.24) is 4.98 Å². The van der Waals surface area contributed by atoms with Crippen LogP contribution in [0.4, 0.5) is 5.00 Å². The van der Waals surface area contributed by atoms with Crippen LogP contribution in [0.5, 0.6) is 10.9 Å². The van der Waals surface area contributed by atoms with Crippen LogP contribution in [0.2, 0.25) is 5.02 Å². The van der Waals surface area contributed by atoms with Gasteiger partial charge in [0.1, 0.15) is 10.8 Å². The number of nitrogens with zero attached hydrogens (tertiary/aromatic N) is 1. The van der Waals surface area contributed by atoms with Gasteiger partial charge in [-0.2, -0.15) is 0 Å². The van der Waals surface area contributed by atoms with Gasteiger partial charge in [0.15, 0.2) is 0 Å². The molecule has 5 heteroatoms. The molecule has 0 spiro atoms. The number of thiazole rings is 1. The van der Waals surface area contributed by atoms with Gasteiger partial charge in [0.2, 0.25) is 0 Å². The van der Waals surface area contributed by atoms with E-state index >= 15 is 0 Å². The zero-order valence-electron chi connectivity index (χ0n) is 7.11. The Morgan fingerprint density at radius 1 is 1.43 bits per heavy atom. The van der Waals surface area contributed by atoms with E-state index < -0.39 is 0 Å². The Hall–Kier alpha value is -1.26. The molecule has 1 aromatic carbocycles. The van der Waals surface area contributed by atoms with Crippen molar-refractivity contribution in [1.29, 1.82) is 0 Å². The summed E-state index contributed by atoms with van der Waals surface area (Å²) in [5, 5.41) is 1.78. The topological polar surface area (TPSA) is 48.1 Å². The van der Waals surface area contributed by atoms with E-state index in [0.29, 0.717) is 21.0 Å². The minimum Gasteiger partial charge on any atom is -0.431 e. The maximum absolute atomic E-state index is 5.79. The summed E-state index contributed by atoms with van der Waals surface area (Å²) in [5.74, 6) is 0.659. The van der Waals surface area contributed by atoms with Crippen molar-refractivity contribution < 1.29 is 4.74 Å². The fourth-order valence-corrected chi connectivity index (χ4v) is 1.68. The minimum atomic E-state index is 0.518. The highest BCUT2D eigenvalue weighted by Gasteiger charge is 2.01. The lowest BCUT2D eigenvalue weighted by atomic mass is 10.3. The number of anilines is 1. The van der Waals surface area contributed by atoms with Crippen LogP contribution in [0.15, 0.2) is 30.5 Å². The average molecular weight is 227 g/mol. The number of ether oxygens (including phenoxy) is 1. The highest BCUT2D eigenvalue weighted by Crippen LogP contribution is 2.28. The van der Waals surface area contributed by atoms with Gasteiger partial charge in [-0.1, -0.05) is 29.0 Å². The molecule has 1 aromatic heterocycles. The van der Waals surface area contributed by atoms with Gasteiger partial charge >= 0.3 is 0 Å². The van der Waals surface area contributed by atoms with Crippen LogP contribution < -0.4 is 10.5 Å². The summed E-state index contributed by atoms with van der Waals surface area (Å²) in [6.07, 6.45) is 1.56. The zero-order chi connectivity index (χ0) is 9.97. The fraction of sp³-hybridized carbons (Fsp3) is 0. The Morgan fingerprint density at radius 3 is 2.93 bits per heavy atom. The van der Waals surface area contributed by atoms with Crippen molar-refractivity contribution >= 4 is 27.9 Å². The van der Waals surface area contributed by atoms with Crippen molar-refractivity contribution in [2.45, 2.75) is 0 Å². The molecule has 2 aromatic rings. The molecule has 0 atom stereocenters. The fourth-order valence-electron chi connectivity index (χ4n) is 0.948. The molecule has 0 bridgehead atoms. The van der Waals surface area contributed by atoms with Crippen molar-refractivity contribution in [3.63, 3.8) is 0 Å². The Kier molecular flexibility index (Phi) is 2.56. The van der Waals surface area contributed by atoms with Crippen LogP contribution >= 0.6 is 22.9 Å². The normalized spacial score (nSPS) is 10.1. The van der Waals surface area contributed by atoms with Crippen molar-refractivity contribution in [2.24, 2.45) is 0 Å². The van der Waals surface area contributed by atoms with Gasteiger partial charge in [0.25, 0.3) is 5.19 Å².